The average Bonchev–Trinajstić information content (AvgIpc) is 3.02. The fourth-order valence-electron chi connectivity index (χ4n) is 2.51. The van der Waals surface area contributed by atoms with Crippen molar-refractivity contribution < 1.29 is 19.6 Å². The van der Waals surface area contributed by atoms with E-state index in [1.165, 1.54) is 21.7 Å². The molecule has 114 valence electrons. The number of rotatable bonds is 4. The monoisotopic (exact) mass is 295 g/mol. The molecule has 0 aromatic carbocycles. The average molecular weight is 295 g/mol. The van der Waals surface area contributed by atoms with Crippen LogP contribution < -0.4 is 0 Å². The van der Waals surface area contributed by atoms with Gasteiger partial charge in [-0.15, -0.1) is 0 Å². The Balaban J connectivity index is 2.25. The number of nitro groups is 1. The number of amides is 1. The second-order valence-electron chi connectivity index (χ2n) is 5.47. The van der Waals surface area contributed by atoms with Gasteiger partial charge in [0.1, 0.15) is 5.69 Å². The molecule has 0 saturated carbocycles. The van der Waals surface area contributed by atoms with Gasteiger partial charge in [-0.1, -0.05) is 0 Å². The van der Waals surface area contributed by atoms with E-state index in [0.717, 1.165) is 0 Å². The summed E-state index contributed by atoms with van der Waals surface area (Å²) in [7, 11) is 0. The van der Waals surface area contributed by atoms with Crippen molar-refractivity contribution in [3.8, 4) is 0 Å². The number of nitrogens with zero attached hydrogens (tertiary/aromatic N) is 3. The van der Waals surface area contributed by atoms with Gasteiger partial charge in [0.25, 0.3) is 11.6 Å². The molecule has 2 heterocycles. The van der Waals surface area contributed by atoms with Gasteiger partial charge in [0.05, 0.1) is 16.5 Å². The van der Waals surface area contributed by atoms with Crippen LogP contribution in [0.25, 0.3) is 0 Å². The number of carboxylic acid groups (broad SMARTS) is 1. The summed E-state index contributed by atoms with van der Waals surface area (Å²) in [4.78, 5) is 35.4. The zero-order chi connectivity index (χ0) is 15.8. The fourth-order valence-corrected chi connectivity index (χ4v) is 2.51. The minimum Gasteiger partial charge on any atom is -0.481 e. The third-order valence-corrected chi connectivity index (χ3v) is 3.93. The van der Waals surface area contributed by atoms with Crippen molar-refractivity contribution in [2.75, 3.05) is 13.1 Å². The first kappa shape index (κ1) is 15.0. The van der Waals surface area contributed by atoms with Crippen LogP contribution in [0.2, 0.25) is 0 Å². The highest BCUT2D eigenvalue weighted by Crippen LogP contribution is 2.31. The number of carbonyl (C=O) groups excluding carboxylic acids is 1. The summed E-state index contributed by atoms with van der Waals surface area (Å²) >= 11 is 0. The molecular formula is C13H17N3O5. The number of carbonyl (C=O) groups is 2. The predicted octanol–water partition coefficient (Wildman–Crippen LogP) is 1.35. The van der Waals surface area contributed by atoms with Gasteiger partial charge in [0.2, 0.25) is 0 Å². The summed E-state index contributed by atoms with van der Waals surface area (Å²) in [6.07, 6.45) is 1.70. The Morgan fingerprint density at radius 2 is 2.19 bits per heavy atom. The number of aliphatic carboxylic acids is 1. The summed E-state index contributed by atoms with van der Waals surface area (Å²) in [6.45, 7) is 4.27. The molecule has 1 amide bonds. The quantitative estimate of drug-likeness (QED) is 0.666. The van der Waals surface area contributed by atoms with Crippen LogP contribution in [0.3, 0.4) is 0 Å². The molecule has 1 saturated heterocycles. The second kappa shape index (κ2) is 5.19. The normalized spacial score (nSPS) is 21.5. The van der Waals surface area contributed by atoms with E-state index in [4.69, 9.17) is 0 Å². The molecule has 1 aromatic heterocycles. The molecular weight excluding hydrogens is 278 g/mol. The largest absolute Gasteiger partial charge is 0.481 e. The SMILES string of the molecule is CCn1cc([N+](=O)[O-])cc1C(=O)N1CCC(C)(C(=O)O)C1. The molecule has 0 spiro atoms. The maximum atomic E-state index is 12.5. The molecule has 0 bridgehead atoms. The molecule has 21 heavy (non-hydrogen) atoms. The highest BCUT2D eigenvalue weighted by molar-refractivity contribution is 5.94. The molecule has 1 aromatic rings. The first-order chi connectivity index (χ1) is 9.78. The smallest absolute Gasteiger partial charge is 0.311 e. The van der Waals surface area contributed by atoms with Crippen molar-refractivity contribution >= 4 is 17.6 Å². The van der Waals surface area contributed by atoms with E-state index >= 15 is 0 Å². The lowest BCUT2D eigenvalue weighted by atomic mass is 9.90. The number of hydrogen-bond acceptors (Lipinski definition) is 4. The lowest BCUT2D eigenvalue weighted by Gasteiger charge is -2.20. The Morgan fingerprint density at radius 3 is 2.67 bits per heavy atom. The molecule has 1 unspecified atom stereocenters. The fraction of sp³-hybridized carbons (Fsp3) is 0.538. The van der Waals surface area contributed by atoms with Crippen molar-refractivity contribution in [2.45, 2.75) is 26.8 Å². The van der Waals surface area contributed by atoms with Gasteiger partial charge in [-0.25, -0.2) is 0 Å². The van der Waals surface area contributed by atoms with Crippen LogP contribution in [-0.2, 0) is 11.3 Å². The molecule has 1 aliphatic heterocycles. The lowest BCUT2D eigenvalue weighted by Crippen LogP contribution is -2.35. The van der Waals surface area contributed by atoms with Crippen molar-refractivity contribution in [1.82, 2.24) is 9.47 Å². The van der Waals surface area contributed by atoms with Crippen LogP contribution in [0.1, 0.15) is 30.8 Å². The van der Waals surface area contributed by atoms with E-state index in [9.17, 15) is 24.8 Å². The molecule has 1 N–H and O–H groups in total. The molecule has 8 heteroatoms. The molecule has 1 aliphatic rings. The number of carboxylic acids is 1. The molecule has 1 atom stereocenters. The van der Waals surface area contributed by atoms with Crippen LogP contribution in [-0.4, -0.2) is 44.5 Å². The van der Waals surface area contributed by atoms with E-state index in [2.05, 4.69) is 0 Å². The Morgan fingerprint density at radius 1 is 1.52 bits per heavy atom. The summed E-state index contributed by atoms with van der Waals surface area (Å²) in [5.74, 6) is -1.30. The van der Waals surface area contributed by atoms with Crippen molar-refractivity contribution in [2.24, 2.45) is 5.41 Å². The van der Waals surface area contributed by atoms with Gasteiger partial charge in [-0.3, -0.25) is 19.7 Å². The van der Waals surface area contributed by atoms with Gasteiger partial charge in [0.15, 0.2) is 0 Å². The maximum absolute atomic E-state index is 12.5. The van der Waals surface area contributed by atoms with E-state index in [-0.39, 0.29) is 23.8 Å². The Hall–Kier alpha value is -2.38. The summed E-state index contributed by atoms with van der Waals surface area (Å²) in [5.41, 5.74) is -0.871. The van der Waals surface area contributed by atoms with Crippen molar-refractivity contribution in [1.29, 1.82) is 0 Å². The third-order valence-electron chi connectivity index (χ3n) is 3.93. The van der Waals surface area contributed by atoms with Gasteiger partial charge in [-0.05, 0) is 20.3 Å². The Kier molecular flexibility index (Phi) is 3.71. The third kappa shape index (κ3) is 2.61. The van der Waals surface area contributed by atoms with Crippen LogP contribution >= 0.6 is 0 Å². The van der Waals surface area contributed by atoms with Crippen LogP contribution in [0, 0.1) is 15.5 Å². The Labute approximate surface area is 121 Å². The Bertz CT molecular complexity index is 609. The zero-order valence-corrected chi connectivity index (χ0v) is 11.9. The number of aryl methyl sites for hydroxylation is 1. The van der Waals surface area contributed by atoms with Gasteiger partial charge in [-0.2, -0.15) is 0 Å². The molecule has 2 rings (SSSR count). The molecule has 1 fully saturated rings. The minimum absolute atomic E-state index is 0.115. The van der Waals surface area contributed by atoms with Crippen molar-refractivity contribution in [3.05, 3.63) is 28.1 Å². The predicted molar refractivity (Wildman–Crippen MR) is 73.0 cm³/mol. The van der Waals surface area contributed by atoms with E-state index < -0.39 is 16.3 Å². The van der Waals surface area contributed by atoms with Crippen LogP contribution in [0.15, 0.2) is 12.3 Å². The first-order valence-corrected chi connectivity index (χ1v) is 6.65. The van der Waals surface area contributed by atoms with Gasteiger partial charge >= 0.3 is 5.97 Å². The molecule has 8 nitrogen and oxygen atoms in total. The maximum Gasteiger partial charge on any atom is 0.311 e. The first-order valence-electron chi connectivity index (χ1n) is 6.65. The summed E-state index contributed by atoms with van der Waals surface area (Å²) in [5, 5.41) is 20.0. The molecule has 0 radical (unpaired) electrons. The summed E-state index contributed by atoms with van der Waals surface area (Å²) < 4.78 is 1.51. The lowest BCUT2D eigenvalue weighted by molar-refractivity contribution is -0.384. The zero-order valence-electron chi connectivity index (χ0n) is 11.9. The highest BCUT2D eigenvalue weighted by atomic mass is 16.6. The second-order valence-corrected chi connectivity index (χ2v) is 5.47. The van der Waals surface area contributed by atoms with Crippen LogP contribution in [0.5, 0.6) is 0 Å². The van der Waals surface area contributed by atoms with E-state index in [0.29, 0.717) is 19.5 Å². The standard InChI is InChI=1S/C13H17N3O5/c1-3-14-7-9(16(20)21)6-10(14)11(17)15-5-4-13(2,8-15)12(18)19/h6-7H,3-5,8H2,1-2H3,(H,18,19). The van der Waals surface area contributed by atoms with E-state index in [1.54, 1.807) is 13.8 Å². The van der Waals surface area contributed by atoms with E-state index in [1.807, 2.05) is 0 Å². The topological polar surface area (TPSA) is 106 Å². The summed E-state index contributed by atoms with van der Waals surface area (Å²) in [6, 6.07) is 1.24. The number of likely N-dealkylation sites (tertiary alicyclic amines) is 1. The highest BCUT2D eigenvalue weighted by Gasteiger charge is 2.42. The van der Waals surface area contributed by atoms with Gasteiger partial charge in [0, 0.05) is 25.7 Å². The van der Waals surface area contributed by atoms with Gasteiger partial charge < -0.3 is 14.6 Å². The van der Waals surface area contributed by atoms with Crippen molar-refractivity contribution in [3.63, 3.8) is 0 Å². The molecule has 0 aliphatic carbocycles. The number of hydrogen-bond donors (Lipinski definition) is 1. The number of aromatic nitrogens is 1. The van der Waals surface area contributed by atoms with Crippen LogP contribution in [0.4, 0.5) is 5.69 Å². The minimum atomic E-state index is -0.953.